The Morgan fingerprint density at radius 2 is 2.12 bits per heavy atom. The molecule has 0 saturated heterocycles. The van der Waals surface area contributed by atoms with Gasteiger partial charge in [0.1, 0.15) is 11.3 Å². The number of nitrogens with one attached hydrogen (secondary N) is 1. The molecule has 0 aliphatic rings. The third-order valence-corrected chi connectivity index (χ3v) is 2.25. The molecule has 0 fully saturated rings. The number of hydrogen-bond donors (Lipinski definition) is 1. The van der Waals surface area contributed by atoms with Crippen molar-refractivity contribution in [1.82, 2.24) is 0 Å². The first kappa shape index (κ1) is 13.4. The van der Waals surface area contributed by atoms with Crippen LogP contribution < -0.4 is 10.1 Å². The summed E-state index contributed by atoms with van der Waals surface area (Å²) in [6.45, 7) is 4.68. The fourth-order valence-corrected chi connectivity index (χ4v) is 1.34. The summed E-state index contributed by atoms with van der Waals surface area (Å²) < 4.78 is 10.3. The van der Waals surface area contributed by atoms with Gasteiger partial charge >= 0.3 is 5.97 Å². The molecule has 0 aliphatic heterocycles. The first-order chi connectivity index (χ1) is 8.08. The number of carbonyl (C=O) groups excluding carboxylic acids is 1. The third-order valence-electron chi connectivity index (χ3n) is 2.25. The molecule has 0 atom stereocenters. The zero-order valence-electron chi connectivity index (χ0n) is 10.7. The highest BCUT2D eigenvalue weighted by atomic mass is 16.5. The van der Waals surface area contributed by atoms with Crippen LogP contribution in [-0.2, 0) is 4.74 Å². The quantitative estimate of drug-likeness (QED) is 0.799. The first-order valence-electron chi connectivity index (χ1n) is 5.61. The van der Waals surface area contributed by atoms with E-state index in [9.17, 15) is 4.79 Å². The highest BCUT2D eigenvalue weighted by Gasteiger charge is 2.14. The lowest BCUT2D eigenvalue weighted by atomic mass is 10.1. The lowest BCUT2D eigenvalue weighted by Gasteiger charge is -2.13. The lowest BCUT2D eigenvalue weighted by molar-refractivity contribution is 0.0595. The van der Waals surface area contributed by atoms with Crippen molar-refractivity contribution in [3.63, 3.8) is 0 Å². The van der Waals surface area contributed by atoms with Gasteiger partial charge in [-0.3, -0.25) is 0 Å². The molecular weight excluding hydrogens is 218 g/mol. The largest absolute Gasteiger partial charge is 0.492 e. The zero-order valence-corrected chi connectivity index (χ0v) is 10.7. The van der Waals surface area contributed by atoms with Gasteiger partial charge in [0.05, 0.1) is 13.7 Å². The molecule has 0 saturated carbocycles. The van der Waals surface area contributed by atoms with Gasteiger partial charge in [-0.1, -0.05) is 13.8 Å². The summed E-state index contributed by atoms with van der Waals surface area (Å²) in [7, 11) is 3.16. The molecule has 0 unspecified atom stereocenters. The second kappa shape index (κ2) is 6.13. The molecule has 1 N–H and O–H groups in total. The molecule has 0 bridgehead atoms. The normalized spacial score (nSPS) is 10.2. The van der Waals surface area contributed by atoms with E-state index in [4.69, 9.17) is 9.47 Å². The molecule has 0 aromatic heterocycles. The number of methoxy groups -OCH3 is 1. The second-order valence-electron chi connectivity index (χ2n) is 4.16. The van der Waals surface area contributed by atoms with Crippen LogP contribution in [0.2, 0.25) is 0 Å². The lowest BCUT2D eigenvalue weighted by Crippen LogP contribution is -2.10. The van der Waals surface area contributed by atoms with Gasteiger partial charge < -0.3 is 14.8 Å². The molecule has 17 heavy (non-hydrogen) atoms. The monoisotopic (exact) mass is 237 g/mol. The Bertz CT molecular complexity index is 388. The Kier molecular flexibility index (Phi) is 4.82. The van der Waals surface area contributed by atoms with Crippen LogP contribution in [0.1, 0.15) is 24.2 Å². The molecule has 0 spiro atoms. The minimum Gasteiger partial charge on any atom is -0.492 e. The van der Waals surface area contributed by atoms with Crippen LogP contribution in [0.15, 0.2) is 18.2 Å². The minimum absolute atomic E-state index is 0.388. The molecule has 0 aliphatic carbocycles. The Balaban J connectivity index is 2.98. The average molecular weight is 237 g/mol. The van der Waals surface area contributed by atoms with E-state index in [1.165, 1.54) is 7.11 Å². The van der Waals surface area contributed by atoms with Gasteiger partial charge in [0.2, 0.25) is 0 Å². The number of hydrogen-bond acceptors (Lipinski definition) is 4. The van der Waals surface area contributed by atoms with Crippen molar-refractivity contribution < 1.29 is 14.3 Å². The molecule has 1 rings (SSSR count). The Morgan fingerprint density at radius 1 is 1.41 bits per heavy atom. The van der Waals surface area contributed by atoms with Crippen LogP contribution in [0.25, 0.3) is 0 Å². The van der Waals surface area contributed by atoms with Gasteiger partial charge in [0.15, 0.2) is 0 Å². The van der Waals surface area contributed by atoms with Crippen molar-refractivity contribution in [2.75, 3.05) is 26.1 Å². The number of esters is 1. The fourth-order valence-electron chi connectivity index (χ4n) is 1.34. The van der Waals surface area contributed by atoms with Gasteiger partial charge in [-0.2, -0.15) is 0 Å². The molecule has 4 nitrogen and oxygen atoms in total. The molecule has 1 aromatic rings. The molecule has 94 valence electrons. The van der Waals surface area contributed by atoms with E-state index in [2.05, 4.69) is 19.2 Å². The van der Waals surface area contributed by atoms with Crippen molar-refractivity contribution in [2.45, 2.75) is 13.8 Å². The highest BCUT2D eigenvalue weighted by Crippen LogP contribution is 2.24. The molecule has 4 heteroatoms. The minimum atomic E-state index is -0.388. The highest BCUT2D eigenvalue weighted by molar-refractivity contribution is 5.93. The predicted octanol–water partition coefficient (Wildman–Crippen LogP) is 2.55. The Labute approximate surface area is 102 Å². The summed E-state index contributed by atoms with van der Waals surface area (Å²) in [4.78, 5) is 11.6. The molecule has 0 amide bonds. The zero-order chi connectivity index (χ0) is 12.8. The van der Waals surface area contributed by atoms with Crippen LogP contribution >= 0.6 is 0 Å². The smallest absolute Gasteiger partial charge is 0.341 e. The molecule has 0 heterocycles. The standard InChI is InChI=1S/C13H19NO3/c1-9(2)8-17-12-6-5-10(14-3)7-11(12)13(15)16-4/h5-7,9,14H,8H2,1-4H3. The number of rotatable bonds is 5. The summed E-state index contributed by atoms with van der Waals surface area (Å²) in [5.74, 6) is 0.579. The van der Waals surface area contributed by atoms with Crippen LogP contribution in [0.5, 0.6) is 5.75 Å². The van der Waals surface area contributed by atoms with Crippen LogP contribution in [-0.4, -0.2) is 26.7 Å². The molecule has 0 radical (unpaired) electrons. The fraction of sp³-hybridized carbons (Fsp3) is 0.462. The first-order valence-corrected chi connectivity index (χ1v) is 5.61. The number of ether oxygens (including phenoxy) is 2. The summed E-state index contributed by atoms with van der Waals surface area (Å²) in [5, 5.41) is 2.98. The maximum atomic E-state index is 11.6. The van der Waals surface area contributed by atoms with Crippen molar-refractivity contribution >= 4 is 11.7 Å². The second-order valence-corrected chi connectivity index (χ2v) is 4.16. The van der Waals surface area contributed by atoms with E-state index < -0.39 is 0 Å². The average Bonchev–Trinajstić information content (AvgIpc) is 2.35. The van der Waals surface area contributed by atoms with Crippen LogP contribution in [0, 0.1) is 5.92 Å². The van der Waals surface area contributed by atoms with E-state index in [0.717, 1.165) is 5.69 Å². The van der Waals surface area contributed by atoms with Gasteiger partial charge in [-0.25, -0.2) is 4.79 Å². The van der Waals surface area contributed by atoms with E-state index >= 15 is 0 Å². The molecular formula is C13H19NO3. The van der Waals surface area contributed by atoms with Crippen LogP contribution in [0.4, 0.5) is 5.69 Å². The third kappa shape index (κ3) is 3.66. The van der Waals surface area contributed by atoms with Gasteiger partial charge in [-0.05, 0) is 24.1 Å². The predicted molar refractivity (Wildman–Crippen MR) is 67.7 cm³/mol. The van der Waals surface area contributed by atoms with Gasteiger partial charge in [-0.15, -0.1) is 0 Å². The van der Waals surface area contributed by atoms with Crippen molar-refractivity contribution in [3.8, 4) is 5.75 Å². The van der Waals surface area contributed by atoms with Gasteiger partial charge in [0, 0.05) is 12.7 Å². The summed E-state index contributed by atoms with van der Waals surface area (Å²) in [6.07, 6.45) is 0. The summed E-state index contributed by atoms with van der Waals surface area (Å²) in [6, 6.07) is 5.37. The number of carbonyl (C=O) groups is 1. The van der Waals surface area contributed by atoms with Gasteiger partial charge in [0.25, 0.3) is 0 Å². The van der Waals surface area contributed by atoms with Crippen molar-refractivity contribution in [2.24, 2.45) is 5.92 Å². The SMILES string of the molecule is CNc1ccc(OCC(C)C)c(C(=O)OC)c1. The van der Waals surface area contributed by atoms with E-state index in [0.29, 0.717) is 23.8 Å². The van der Waals surface area contributed by atoms with E-state index in [1.54, 1.807) is 19.2 Å². The van der Waals surface area contributed by atoms with Crippen LogP contribution in [0.3, 0.4) is 0 Å². The summed E-state index contributed by atoms with van der Waals surface area (Å²) >= 11 is 0. The number of benzene rings is 1. The maximum Gasteiger partial charge on any atom is 0.341 e. The Hall–Kier alpha value is -1.71. The van der Waals surface area contributed by atoms with E-state index in [-0.39, 0.29) is 5.97 Å². The topological polar surface area (TPSA) is 47.6 Å². The number of anilines is 1. The maximum absolute atomic E-state index is 11.6. The Morgan fingerprint density at radius 3 is 2.65 bits per heavy atom. The van der Waals surface area contributed by atoms with Crippen molar-refractivity contribution in [3.05, 3.63) is 23.8 Å². The molecule has 1 aromatic carbocycles. The van der Waals surface area contributed by atoms with E-state index in [1.807, 2.05) is 6.07 Å². The van der Waals surface area contributed by atoms with Crippen molar-refractivity contribution in [1.29, 1.82) is 0 Å². The summed E-state index contributed by atoms with van der Waals surface area (Å²) in [5.41, 5.74) is 1.29.